The Kier molecular flexibility index (Phi) is 8.12. The summed E-state index contributed by atoms with van der Waals surface area (Å²) in [6.07, 6.45) is 0. The number of methoxy groups -OCH3 is 1. The third-order valence-corrected chi connectivity index (χ3v) is 7.82. The van der Waals surface area contributed by atoms with Crippen LogP contribution in [0.2, 0.25) is 0 Å². The largest absolute Gasteiger partial charge is 0.497 e. The number of ether oxygens (including phenoxy) is 1. The van der Waals surface area contributed by atoms with Crippen LogP contribution in [0.1, 0.15) is 27.8 Å². The predicted octanol–water partition coefficient (Wildman–Crippen LogP) is 4.47. The second-order valence-corrected chi connectivity index (χ2v) is 10.5. The lowest BCUT2D eigenvalue weighted by atomic mass is 10.1. The molecule has 0 spiro atoms. The van der Waals surface area contributed by atoms with Gasteiger partial charge in [-0.25, -0.2) is 8.42 Å². The lowest BCUT2D eigenvalue weighted by Crippen LogP contribution is -2.41. The van der Waals surface area contributed by atoms with Gasteiger partial charge in [0.15, 0.2) is 0 Å². The summed E-state index contributed by atoms with van der Waals surface area (Å²) in [5.74, 6) is 0.458. The first-order valence-corrected chi connectivity index (χ1v) is 12.5. The molecule has 1 amide bonds. The number of hydrogen-bond donors (Lipinski definition) is 0. The number of carbonyl (C=O) groups excluding carboxylic acids is 1. The lowest BCUT2D eigenvalue weighted by Gasteiger charge is -2.26. The van der Waals surface area contributed by atoms with Crippen LogP contribution in [0, 0.1) is 20.8 Å². The summed E-state index contributed by atoms with van der Waals surface area (Å²) in [5.41, 5.74) is 4.10. The van der Waals surface area contributed by atoms with Crippen LogP contribution >= 0.6 is 0 Å². The molecule has 6 nitrogen and oxygen atoms in total. The molecule has 0 saturated heterocycles. The molecule has 0 aliphatic heterocycles. The van der Waals surface area contributed by atoms with E-state index >= 15 is 0 Å². The zero-order valence-electron chi connectivity index (χ0n) is 20.4. The van der Waals surface area contributed by atoms with Crippen LogP contribution in [-0.2, 0) is 27.9 Å². The summed E-state index contributed by atoms with van der Waals surface area (Å²) in [4.78, 5) is 15.0. The molecule has 0 aliphatic carbocycles. The van der Waals surface area contributed by atoms with E-state index < -0.39 is 10.0 Å². The summed E-state index contributed by atoms with van der Waals surface area (Å²) in [6.45, 7) is 5.76. The molecule has 3 aromatic rings. The Hall–Kier alpha value is -3.16. The van der Waals surface area contributed by atoms with Crippen molar-refractivity contribution in [2.75, 3.05) is 20.7 Å². The highest BCUT2D eigenvalue weighted by Crippen LogP contribution is 2.26. The maximum Gasteiger partial charge on any atom is 0.244 e. The Bertz CT molecular complexity index is 1220. The van der Waals surface area contributed by atoms with Crippen molar-refractivity contribution in [3.8, 4) is 5.75 Å². The maximum atomic E-state index is 13.8. The molecule has 3 aromatic carbocycles. The molecular weight excluding hydrogens is 448 g/mol. The fourth-order valence-corrected chi connectivity index (χ4v) is 5.87. The number of nitrogens with zero attached hydrogens (tertiary/aromatic N) is 2. The number of carbonyl (C=O) groups is 1. The van der Waals surface area contributed by atoms with Crippen molar-refractivity contribution in [2.45, 2.75) is 38.8 Å². The Morgan fingerprint density at radius 1 is 0.853 bits per heavy atom. The van der Waals surface area contributed by atoms with Gasteiger partial charge in [0.05, 0.1) is 18.6 Å². The first kappa shape index (κ1) is 25.5. The van der Waals surface area contributed by atoms with Crippen molar-refractivity contribution in [2.24, 2.45) is 0 Å². The first-order valence-electron chi connectivity index (χ1n) is 11.1. The van der Waals surface area contributed by atoms with Gasteiger partial charge in [-0.1, -0.05) is 60.2 Å². The molecular formula is C27H32N2O4S. The fourth-order valence-electron chi connectivity index (χ4n) is 4.08. The van der Waals surface area contributed by atoms with E-state index in [1.165, 1.54) is 4.31 Å². The third kappa shape index (κ3) is 6.04. The van der Waals surface area contributed by atoms with Crippen LogP contribution in [0.15, 0.2) is 71.6 Å². The summed E-state index contributed by atoms with van der Waals surface area (Å²) < 4.78 is 34.1. The minimum atomic E-state index is -3.92. The van der Waals surface area contributed by atoms with Gasteiger partial charge in [-0.15, -0.1) is 0 Å². The number of aryl methyl sites for hydroxylation is 3. The molecule has 0 aromatic heterocycles. The van der Waals surface area contributed by atoms with Crippen LogP contribution in [0.5, 0.6) is 5.75 Å². The van der Waals surface area contributed by atoms with Gasteiger partial charge in [0.2, 0.25) is 15.9 Å². The summed E-state index contributed by atoms with van der Waals surface area (Å²) in [6, 6.07) is 20.5. The fraction of sp³-hybridized carbons (Fsp3) is 0.296. The van der Waals surface area contributed by atoms with E-state index in [2.05, 4.69) is 0 Å². The van der Waals surface area contributed by atoms with E-state index in [1.807, 2.05) is 73.7 Å². The molecule has 0 radical (unpaired) electrons. The van der Waals surface area contributed by atoms with E-state index in [-0.39, 0.29) is 23.9 Å². The van der Waals surface area contributed by atoms with E-state index in [0.29, 0.717) is 17.7 Å². The smallest absolute Gasteiger partial charge is 0.244 e. The van der Waals surface area contributed by atoms with Crippen LogP contribution in [0.3, 0.4) is 0 Å². The SMILES string of the molecule is COc1ccc(CN(C)C(=O)CN(Cc2ccccc2)S(=O)(=O)c2c(C)cc(C)cc2C)cc1. The topological polar surface area (TPSA) is 66.9 Å². The highest BCUT2D eigenvalue weighted by Gasteiger charge is 2.30. The quantitative estimate of drug-likeness (QED) is 0.453. The van der Waals surface area contributed by atoms with Crippen molar-refractivity contribution in [1.29, 1.82) is 0 Å². The van der Waals surface area contributed by atoms with Crippen molar-refractivity contribution in [3.05, 3.63) is 94.5 Å². The van der Waals surface area contributed by atoms with Crippen LogP contribution in [0.4, 0.5) is 0 Å². The van der Waals surface area contributed by atoms with Gasteiger partial charge in [-0.2, -0.15) is 4.31 Å². The average molecular weight is 481 g/mol. The van der Waals surface area contributed by atoms with Crippen LogP contribution < -0.4 is 4.74 Å². The van der Waals surface area contributed by atoms with Gasteiger partial charge in [0, 0.05) is 20.1 Å². The number of amides is 1. The Balaban J connectivity index is 1.89. The molecule has 180 valence electrons. The average Bonchev–Trinajstić information content (AvgIpc) is 2.78. The Morgan fingerprint density at radius 3 is 1.97 bits per heavy atom. The molecule has 0 fully saturated rings. The summed E-state index contributed by atoms with van der Waals surface area (Å²) >= 11 is 0. The molecule has 0 saturated carbocycles. The molecule has 7 heteroatoms. The van der Waals surface area contributed by atoms with Gasteiger partial charge in [-0.3, -0.25) is 4.79 Å². The Morgan fingerprint density at radius 2 is 1.41 bits per heavy atom. The highest BCUT2D eigenvalue weighted by molar-refractivity contribution is 7.89. The van der Waals surface area contributed by atoms with Crippen molar-refractivity contribution in [1.82, 2.24) is 9.21 Å². The van der Waals surface area contributed by atoms with Crippen LogP contribution in [-0.4, -0.2) is 44.2 Å². The van der Waals surface area contributed by atoms with Gasteiger partial charge < -0.3 is 9.64 Å². The monoisotopic (exact) mass is 480 g/mol. The zero-order valence-corrected chi connectivity index (χ0v) is 21.2. The van der Waals surface area contributed by atoms with Crippen molar-refractivity contribution in [3.63, 3.8) is 0 Å². The molecule has 0 bridgehead atoms. The Labute approximate surface area is 202 Å². The minimum Gasteiger partial charge on any atom is -0.497 e. The number of hydrogen-bond acceptors (Lipinski definition) is 4. The minimum absolute atomic E-state index is 0.109. The highest BCUT2D eigenvalue weighted by atomic mass is 32.2. The van der Waals surface area contributed by atoms with Gasteiger partial charge >= 0.3 is 0 Å². The molecule has 0 aliphatic rings. The predicted molar refractivity (Wildman–Crippen MR) is 134 cm³/mol. The van der Waals surface area contributed by atoms with Gasteiger partial charge in [0.1, 0.15) is 5.75 Å². The summed E-state index contributed by atoms with van der Waals surface area (Å²) in [7, 11) is -0.635. The third-order valence-electron chi connectivity index (χ3n) is 5.72. The van der Waals surface area contributed by atoms with E-state index in [9.17, 15) is 13.2 Å². The van der Waals surface area contributed by atoms with Crippen molar-refractivity contribution >= 4 is 15.9 Å². The molecule has 0 N–H and O–H groups in total. The first-order chi connectivity index (χ1) is 16.1. The van der Waals surface area contributed by atoms with E-state index in [0.717, 1.165) is 22.4 Å². The zero-order chi connectivity index (χ0) is 24.9. The standard InChI is InChI=1S/C27H32N2O4S/c1-20-15-21(2)27(22(3)16-20)34(31,32)29(18-23-9-7-6-8-10-23)19-26(30)28(4)17-24-11-13-25(33-5)14-12-24/h6-16H,17-19H2,1-5H3. The summed E-state index contributed by atoms with van der Waals surface area (Å²) in [5, 5.41) is 0. The van der Waals surface area contributed by atoms with Crippen LogP contribution in [0.25, 0.3) is 0 Å². The molecule has 34 heavy (non-hydrogen) atoms. The number of benzene rings is 3. The number of likely N-dealkylation sites (N-methyl/N-ethyl adjacent to an activating group) is 1. The normalized spacial score (nSPS) is 11.5. The van der Waals surface area contributed by atoms with Crippen molar-refractivity contribution < 1.29 is 17.9 Å². The second kappa shape index (κ2) is 10.8. The molecule has 3 rings (SSSR count). The van der Waals surface area contributed by atoms with E-state index in [1.54, 1.807) is 32.9 Å². The van der Waals surface area contributed by atoms with Gasteiger partial charge in [-0.05, 0) is 55.2 Å². The van der Waals surface area contributed by atoms with E-state index in [4.69, 9.17) is 4.74 Å². The molecule has 0 heterocycles. The molecule has 0 atom stereocenters. The maximum absolute atomic E-state index is 13.8. The second-order valence-electron chi connectivity index (χ2n) is 8.58. The number of rotatable bonds is 9. The molecule has 0 unspecified atom stereocenters. The van der Waals surface area contributed by atoms with Gasteiger partial charge in [0.25, 0.3) is 0 Å². The number of sulfonamides is 1. The lowest BCUT2D eigenvalue weighted by molar-refractivity contribution is -0.130.